The van der Waals surface area contributed by atoms with Gasteiger partial charge in [0.2, 0.25) is 0 Å². The molecular weight excluding hydrogens is 274 g/mol. The Labute approximate surface area is 118 Å². The molecule has 0 radical (unpaired) electrons. The van der Waals surface area contributed by atoms with Crippen LogP contribution < -0.4 is 5.43 Å². The SMILES string of the molecule is O=[N+]([O-])c1ccc(/C=N/Nc2ccc3nncn3n2)cc1. The molecule has 0 aliphatic rings. The second-order valence-corrected chi connectivity index (χ2v) is 4.07. The van der Waals surface area contributed by atoms with E-state index in [1.807, 2.05) is 0 Å². The fourth-order valence-corrected chi connectivity index (χ4v) is 1.64. The lowest BCUT2D eigenvalue weighted by Gasteiger charge is -1.99. The normalized spacial score (nSPS) is 11.0. The van der Waals surface area contributed by atoms with Crippen molar-refractivity contribution < 1.29 is 4.92 Å². The van der Waals surface area contributed by atoms with E-state index in [4.69, 9.17) is 0 Å². The number of benzene rings is 1. The first-order valence-electron chi connectivity index (χ1n) is 5.93. The number of anilines is 1. The van der Waals surface area contributed by atoms with Crippen molar-refractivity contribution in [3.8, 4) is 0 Å². The third-order valence-electron chi connectivity index (χ3n) is 2.66. The number of fused-ring (bicyclic) bond motifs is 1. The van der Waals surface area contributed by atoms with Gasteiger partial charge in [0.25, 0.3) is 5.69 Å². The summed E-state index contributed by atoms with van der Waals surface area (Å²) in [6.07, 6.45) is 3.03. The molecule has 0 aliphatic carbocycles. The number of nitro groups is 1. The third-order valence-corrected chi connectivity index (χ3v) is 2.66. The molecule has 1 aromatic carbocycles. The van der Waals surface area contributed by atoms with Crippen molar-refractivity contribution in [1.29, 1.82) is 0 Å². The molecule has 0 fully saturated rings. The average molecular weight is 283 g/mol. The van der Waals surface area contributed by atoms with E-state index in [1.54, 1.807) is 30.5 Å². The van der Waals surface area contributed by atoms with Gasteiger partial charge in [-0.05, 0) is 29.8 Å². The molecule has 0 saturated carbocycles. The van der Waals surface area contributed by atoms with Crippen molar-refractivity contribution in [3.63, 3.8) is 0 Å². The van der Waals surface area contributed by atoms with Crippen LogP contribution in [0, 0.1) is 10.1 Å². The summed E-state index contributed by atoms with van der Waals surface area (Å²) in [4.78, 5) is 10.1. The topological polar surface area (TPSA) is 111 Å². The van der Waals surface area contributed by atoms with Crippen LogP contribution in [0.15, 0.2) is 47.8 Å². The van der Waals surface area contributed by atoms with Gasteiger partial charge in [-0.25, -0.2) is 0 Å². The summed E-state index contributed by atoms with van der Waals surface area (Å²) in [5.74, 6) is 0.528. The Morgan fingerprint density at radius 3 is 2.81 bits per heavy atom. The highest BCUT2D eigenvalue weighted by molar-refractivity contribution is 5.80. The molecule has 2 aromatic heterocycles. The fourth-order valence-electron chi connectivity index (χ4n) is 1.64. The first-order valence-corrected chi connectivity index (χ1v) is 5.93. The maximum Gasteiger partial charge on any atom is 0.269 e. The number of hydrogen-bond acceptors (Lipinski definition) is 7. The molecule has 1 N–H and O–H groups in total. The Bertz CT molecular complexity index is 810. The highest BCUT2D eigenvalue weighted by Gasteiger charge is 2.02. The summed E-state index contributed by atoms with van der Waals surface area (Å²) in [5.41, 5.74) is 4.18. The zero-order chi connectivity index (χ0) is 14.7. The number of hydrogen-bond donors (Lipinski definition) is 1. The molecule has 104 valence electrons. The number of rotatable bonds is 4. The van der Waals surface area contributed by atoms with Crippen molar-refractivity contribution in [1.82, 2.24) is 19.8 Å². The first-order chi connectivity index (χ1) is 10.2. The van der Waals surface area contributed by atoms with Crippen molar-refractivity contribution in [2.75, 3.05) is 5.43 Å². The smallest absolute Gasteiger partial charge is 0.260 e. The Morgan fingerprint density at radius 1 is 1.24 bits per heavy atom. The lowest BCUT2D eigenvalue weighted by molar-refractivity contribution is -0.384. The van der Waals surface area contributed by atoms with E-state index in [-0.39, 0.29) is 5.69 Å². The second-order valence-electron chi connectivity index (χ2n) is 4.07. The van der Waals surface area contributed by atoms with Crippen LogP contribution in [0.2, 0.25) is 0 Å². The zero-order valence-electron chi connectivity index (χ0n) is 10.6. The highest BCUT2D eigenvalue weighted by Crippen LogP contribution is 2.10. The van der Waals surface area contributed by atoms with Crippen LogP contribution >= 0.6 is 0 Å². The van der Waals surface area contributed by atoms with E-state index in [0.717, 1.165) is 5.56 Å². The van der Waals surface area contributed by atoms with Gasteiger partial charge in [-0.2, -0.15) is 9.62 Å². The molecular formula is C12H9N7O2. The first kappa shape index (κ1) is 12.7. The van der Waals surface area contributed by atoms with Crippen LogP contribution in [-0.4, -0.2) is 30.9 Å². The average Bonchev–Trinajstić information content (AvgIpc) is 2.95. The molecule has 0 saturated heterocycles. The molecule has 0 aliphatic heterocycles. The monoisotopic (exact) mass is 283 g/mol. The molecule has 0 atom stereocenters. The van der Waals surface area contributed by atoms with Gasteiger partial charge in [-0.15, -0.1) is 15.3 Å². The summed E-state index contributed by atoms with van der Waals surface area (Å²) in [6.45, 7) is 0. The van der Waals surface area contributed by atoms with E-state index >= 15 is 0 Å². The predicted octanol–water partition coefficient (Wildman–Crippen LogP) is 1.48. The summed E-state index contributed by atoms with van der Waals surface area (Å²) in [6, 6.07) is 9.53. The molecule has 0 amide bonds. The van der Waals surface area contributed by atoms with Gasteiger partial charge < -0.3 is 0 Å². The van der Waals surface area contributed by atoms with Crippen LogP contribution in [0.1, 0.15) is 5.56 Å². The van der Waals surface area contributed by atoms with Crippen LogP contribution in [-0.2, 0) is 0 Å². The number of non-ortho nitro benzene ring substituents is 1. The lowest BCUT2D eigenvalue weighted by atomic mass is 10.2. The van der Waals surface area contributed by atoms with E-state index < -0.39 is 4.92 Å². The molecule has 21 heavy (non-hydrogen) atoms. The Kier molecular flexibility index (Phi) is 3.21. The number of aromatic nitrogens is 4. The molecule has 0 unspecified atom stereocenters. The Balaban J connectivity index is 1.69. The van der Waals surface area contributed by atoms with Crippen LogP contribution in [0.25, 0.3) is 5.65 Å². The largest absolute Gasteiger partial charge is 0.269 e. The van der Waals surface area contributed by atoms with E-state index in [2.05, 4.69) is 25.8 Å². The minimum Gasteiger partial charge on any atom is -0.260 e. The third kappa shape index (κ3) is 2.81. The van der Waals surface area contributed by atoms with Crippen molar-refractivity contribution in [2.45, 2.75) is 0 Å². The number of hydrazone groups is 1. The molecule has 0 bridgehead atoms. The minimum atomic E-state index is -0.447. The highest BCUT2D eigenvalue weighted by atomic mass is 16.6. The molecule has 9 nitrogen and oxygen atoms in total. The van der Waals surface area contributed by atoms with Gasteiger partial charge in [-0.3, -0.25) is 15.5 Å². The van der Waals surface area contributed by atoms with Gasteiger partial charge >= 0.3 is 0 Å². The molecule has 0 spiro atoms. The maximum atomic E-state index is 10.5. The van der Waals surface area contributed by atoms with Gasteiger partial charge in [-0.1, -0.05) is 0 Å². The molecule has 3 aromatic rings. The second kappa shape index (κ2) is 5.33. The van der Waals surface area contributed by atoms with Crippen LogP contribution in [0.5, 0.6) is 0 Å². The summed E-state index contributed by atoms with van der Waals surface area (Å²) in [5, 5.41) is 26.3. The summed E-state index contributed by atoms with van der Waals surface area (Å²) >= 11 is 0. The molecule has 9 heteroatoms. The quantitative estimate of drug-likeness (QED) is 0.441. The summed E-state index contributed by atoms with van der Waals surface area (Å²) in [7, 11) is 0. The van der Waals surface area contributed by atoms with Crippen LogP contribution in [0.3, 0.4) is 0 Å². The van der Waals surface area contributed by atoms with E-state index in [1.165, 1.54) is 23.0 Å². The number of nitrogens with zero attached hydrogens (tertiary/aromatic N) is 6. The Hall–Kier alpha value is -3.36. The number of nitro benzene ring substituents is 1. The van der Waals surface area contributed by atoms with E-state index in [9.17, 15) is 10.1 Å². The predicted molar refractivity (Wildman–Crippen MR) is 75.1 cm³/mol. The van der Waals surface area contributed by atoms with Gasteiger partial charge in [0.1, 0.15) is 6.33 Å². The molecule has 2 heterocycles. The fraction of sp³-hybridized carbons (Fsp3) is 0. The number of nitrogens with one attached hydrogen (secondary N) is 1. The summed E-state index contributed by atoms with van der Waals surface area (Å²) < 4.78 is 1.52. The van der Waals surface area contributed by atoms with Gasteiger partial charge in [0, 0.05) is 12.1 Å². The zero-order valence-corrected chi connectivity index (χ0v) is 10.6. The maximum absolute atomic E-state index is 10.5. The van der Waals surface area contributed by atoms with Gasteiger partial charge in [0.05, 0.1) is 11.1 Å². The minimum absolute atomic E-state index is 0.0415. The lowest BCUT2D eigenvalue weighted by Crippen LogP contribution is -1.98. The van der Waals surface area contributed by atoms with Crippen molar-refractivity contribution >= 4 is 23.4 Å². The molecule has 3 rings (SSSR count). The van der Waals surface area contributed by atoms with Crippen molar-refractivity contribution in [3.05, 3.63) is 58.4 Å². The standard InChI is InChI=1S/C12H9N7O2/c20-19(21)10-3-1-9(2-4-10)7-13-15-11-5-6-12-16-14-8-18(12)17-11/h1-8H,(H,15,17)/b13-7+. The van der Waals surface area contributed by atoms with Crippen molar-refractivity contribution in [2.24, 2.45) is 5.10 Å². The van der Waals surface area contributed by atoms with Gasteiger partial charge in [0.15, 0.2) is 11.5 Å². The van der Waals surface area contributed by atoms with Crippen LogP contribution in [0.4, 0.5) is 11.5 Å². The van der Waals surface area contributed by atoms with E-state index in [0.29, 0.717) is 11.5 Å². The Morgan fingerprint density at radius 2 is 2.05 bits per heavy atom.